The van der Waals surface area contributed by atoms with E-state index in [0.29, 0.717) is 13.1 Å². The molecule has 0 saturated carbocycles. The van der Waals surface area contributed by atoms with Gasteiger partial charge in [-0.15, -0.1) is 0 Å². The van der Waals surface area contributed by atoms with Crippen LogP contribution in [0.4, 0.5) is 0 Å². The highest BCUT2D eigenvalue weighted by molar-refractivity contribution is 5.82. The molecular formula is C23H26N4O. The van der Waals surface area contributed by atoms with Crippen LogP contribution in [0.2, 0.25) is 0 Å². The Balaban J connectivity index is 1.73. The lowest BCUT2D eigenvalue weighted by Crippen LogP contribution is -2.56. The van der Waals surface area contributed by atoms with Crippen molar-refractivity contribution in [1.82, 2.24) is 20.0 Å². The Morgan fingerprint density at radius 1 is 1.07 bits per heavy atom. The van der Waals surface area contributed by atoms with E-state index in [9.17, 15) is 4.79 Å². The first-order chi connectivity index (χ1) is 13.6. The molecule has 1 aromatic heterocycles. The van der Waals surface area contributed by atoms with Crippen molar-refractivity contribution in [2.45, 2.75) is 26.4 Å². The zero-order valence-electron chi connectivity index (χ0n) is 16.4. The molecule has 1 aliphatic rings. The van der Waals surface area contributed by atoms with Crippen LogP contribution in [-0.4, -0.2) is 39.7 Å². The highest BCUT2D eigenvalue weighted by Gasteiger charge is 2.32. The summed E-state index contributed by atoms with van der Waals surface area (Å²) in [5.41, 5.74) is 4.23. The van der Waals surface area contributed by atoms with E-state index >= 15 is 0 Å². The van der Waals surface area contributed by atoms with Crippen molar-refractivity contribution in [2.24, 2.45) is 5.92 Å². The minimum absolute atomic E-state index is 0.113. The number of carbonyl (C=O) groups excluding carboxylic acids is 1. The maximum absolute atomic E-state index is 12.4. The molecule has 5 nitrogen and oxygen atoms in total. The Morgan fingerprint density at radius 3 is 2.43 bits per heavy atom. The zero-order valence-corrected chi connectivity index (χ0v) is 16.4. The van der Waals surface area contributed by atoms with Crippen LogP contribution in [0, 0.1) is 5.92 Å². The summed E-state index contributed by atoms with van der Waals surface area (Å²) in [6.45, 7) is 6.45. The van der Waals surface area contributed by atoms with Gasteiger partial charge in [-0.1, -0.05) is 62.4 Å². The van der Waals surface area contributed by atoms with Gasteiger partial charge in [0.05, 0.1) is 17.4 Å². The molecule has 5 heteroatoms. The van der Waals surface area contributed by atoms with E-state index in [1.54, 1.807) is 0 Å². The zero-order chi connectivity index (χ0) is 19.5. The molecule has 1 amide bonds. The first kappa shape index (κ1) is 18.4. The molecule has 0 radical (unpaired) electrons. The molecule has 1 saturated heterocycles. The molecular weight excluding hydrogens is 348 g/mol. The van der Waals surface area contributed by atoms with Gasteiger partial charge in [-0.25, -0.2) is 4.68 Å². The number of nitrogens with zero attached hydrogens (tertiary/aromatic N) is 3. The van der Waals surface area contributed by atoms with Crippen LogP contribution in [0.3, 0.4) is 0 Å². The van der Waals surface area contributed by atoms with E-state index in [1.165, 1.54) is 0 Å². The molecule has 1 unspecified atom stereocenters. The Labute approximate surface area is 166 Å². The van der Waals surface area contributed by atoms with Crippen LogP contribution in [0.1, 0.15) is 19.4 Å². The number of amides is 1. The molecule has 0 aliphatic carbocycles. The lowest BCUT2D eigenvalue weighted by molar-refractivity contribution is -0.131. The first-order valence-electron chi connectivity index (χ1n) is 9.84. The minimum atomic E-state index is -0.113. The van der Waals surface area contributed by atoms with Crippen LogP contribution in [0.5, 0.6) is 0 Å². The van der Waals surface area contributed by atoms with Crippen LogP contribution < -0.4 is 5.32 Å². The van der Waals surface area contributed by atoms with Crippen molar-refractivity contribution in [2.75, 3.05) is 13.1 Å². The van der Waals surface area contributed by atoms with Gasteiger partial charge in [0.25, 0.3) is 0 Å². The van der Waals surface area contributed by atoms with Gasteiger partial charge < -0.3 is 5.32 Å². The topological polar surface area (TPSA) is 50.2 Å². The minimum Gasteiger partial charge on any atom is -0.353 e. The van der Waals surface area contributed by atoms with Gasteiger partial charge in [0.15, 0.2) is 0 Å². The summed E-state index contributed by atoms with van der Waals surface area (Å²) in [7, 11) is 0. The van der Waals surface area contributed by atoms with Crippen molar-refractivity contribution < 1.29 is 4.79 Å². The number of hydrogen-bond donors (Lipinski definition) is 1. The summed E-state index contributed by atoms with van der Waals surface area (Å²) in [4.78, 5) is 14.7. The molecule has 2 heterocycles. The number of para-hydroxylation sites is 1. The largest absolute Gasteiger partial charge is 0.353 e. The smallest absolute Gasteiger partial charge is 0.237 e. The van der Waals surface area contributed by atoms with Gasteiger partial charge >= 0.3 is 0 Å². The third-order valence-corrected chi connectivity index (χ3v) is 5.22. The molecule has 0 spiro atoms. The predicted octanol–water partition coefficient (Wildman–Crippen LogP) is 3.50. The van der Waals surface area contributed by atoms with Gasteiger partial charge in [0.2, 0.25) is 5.91 Å². The third kappa shape index (κ3) is 3.71. The lowest BCUT2D eigenvalue weighted by atomic mass is 9.98. The average Bonchev–Trinajstić information content (AvgIpc) is 3.13. The fourth-order valence-electron chi connectivity index (χ4n) is 3.93. The molecule has 0 bridgehead atoms. The second-order valence-corrected chi connectivity index (χ2v) is 7.60. The summed E-state index contributed by atoms with van der Waals surface area (Å²) in [6.07, 6.45) is 2.10. The second-order valence-electron chi connectivity index (χ2n) is 7.60. The van der Waals surface area contributed by atoms with Crippen LogP contribution >= 0.6 is 0 Å². The first-order valence-corrected chi connectivity index (χ1v) is 9.84. The van der Waals surface area contributed by atoms with Crippen LogP contribution in [0.25, 0.3) is 16.9 Å². The van der Waals surface area contributed by atoms with E-state index in [-0.39, 0.29) is 17.9 Å². The molecule has 1 atom stereocenters. The second kappa shape index (κ2) is 7.98. The Hall–Kier alpha value is -2.92. The maximum atomic E-state index is 12.4. The Morgan fingerprint density at radius 2 is 1.75 bits per heavy atom. The molecule has 1 N–H and O–H groups in total. The number of piperazine rings is 1. The summed E-state index contributed by atoms with van der Waals surface area (Å²) >= 11 is 0. The quantitative estimate of drug-likeness (QED) is 0.744. The fourth-order valence-corrected chi connectivity index (χ4v) is 3.93. The number of carbonyl (C=O) groups is 1. The number of rotatable bonds is 5. The van der Waals surface area contributed by atoms with Gasteiger partial charge in [-0.3, -0.25) is 9.69 Å². The number of hydrogen-bond acceptors (Lipinski definition) is 3. The van der Waals surface area contributed by atoms with Crippen molar-refractivity contribution in [3.63, 3.8) is 0 Å². The van der Waals surface area contributed by atoms with E-state index in [0.717, 1.165) is 29.1 Å². The molecule has 2 aromatic carbocycles. The van der Waals surface area contributed by atoms with Gasteiger partial charge in [0.1, 0.15) is 0 Å². The summed E-state index contributed by atoms with van der Waals surface area (Å²) in [5.74, 6) is 0.377. The van der Waals surface area contributed by atoms with Gasteiger partial charge in [0, 0.05) is 37.0 Å². The highest BCUT2D eigenvalue weighted by Crippen LogP contribution is 2.26. The van der Waals surface area contributed by atoms with Crippen LogP contribution in [-0.2, 0) is 11.3 Å². The summed E-state index contributed by atoms with van der Waals surface area (Å²) < 4.78 is 1.94. The molecule has 28 heavy (non-hydrogen) atoms. The molecule has 144 valence electrons. The predicted molar refractivity (Wildman–Crippen MR) is 111 cm³/mol. The fraction of sp³-hybridized carbons (Fsp3) is 0.304. The van der Waals surface area contributed by atoms with Crippen molar-refractivity contribution >= 4 is 5.91 Å². The van der Waals surface area contributed by atoms with Crippen molar-refractivity contribution in [3.8, 4) is 16.9 Å². The van der Waals surface area contributed by atoms with E-state index in [1.807, 2.05) is 41.1 Å². The van der Waals surface area contributed by atoms with Gasteiger partial charge in [-0.2, -0.15) is 5.10 Å². The Bertz CT molecular complexity index is 934. The Kier molecular flexibility index (Phi) is 5.26. The average molecular weight is 374 g/mol. The SMILES string of the molecule is CC(C)C1C(=O)NCCN1Cc1cn(-c2ccccc2)nc1-c1ccccc1. The van der Waals surface area contributed by atoms with Crippen molar-refractivity contribution in [1.29, 1.82) is 0 Å². The normalized spacial score (nSPS) is 17.7. The van der Waals surface area contributed by atoms with Crippen molar-refractivity contribution in [3.05, 3.63) is 72.4 Å². The monoisotopic (exact) mass is 374 g/mol. The van der Waals surface area contributed by atoms with Gasteiger partial charge in [-0.05, 0) is 18.1 Å². The van der Waals surface area contributed by atoms with E-state index in [2.05, 4.69) is 54.5 Å². The van der Waals surface area contributed by atoms with E-state index in [4.69, 9.17) is 5.10 Å². The molecule has 3 aromatic rings. The van der Waals surface area contributed by atoms with E-state index < -0.39 is 0 Å². The summed E-state index contributed by atoms with van der Waals surface area (Å²) in [6, 6.07) is 20.3. The number of nitrogens with one attached hydrogen (secondary N) is 1. The molecule has 4 rings (SSSR count). The third-order valence-electron chi connectivity index (χ3n) is 5.22. The highest BCUT2D eigenvalue weighted by atomic mass is 16.2. The maximum Gasteiger partial charge on any atom is 0.237 e. The molecule has 1 fully saturated rings. The van der Waals surface area contributed by atoms with Crippen LogP contribution in [0.15, 0.2) is 66.9 Å². The number of benzene rings is 2. The standard InChI is InChI=1S/C23H26N4O/c1-17(2)22-23(28)24-13-14-26(22)15-19-16-27(20-11-7-4-8-12-20)25-21(19)18-9-5-3-6-10-18/h3-12,16-17,22H,13-15H2,1-2H3,(H,24,28). The number of aromatic nitrogens is 2. The molecule has 1 aliphatic heterocycles. The lowest BCUT2D eigenvalue weighted by Gasteiger charge is -2.37. The summed E-state index contributed by atoms with van der Waals surface area (Å²) in [5, 5.41) is 7.90.